The highest BCUT2D eigenvalue weighted by Gasteiger charge is 2.35. The van der Waals surface area contributed by atoms with Gasteiger partial charge in [-0.2, -0.15) is 0 Å². The van der Waals surface area contributed by atoms with Gasteiger partial charge in [-0.3, -0.25) is 0 Å². The first-order valence-corrected chi connectivity index (χ1v) is 9.18. The van der Waals surface area contributed by atoms with Crippen LogP contribution in [-0.4, -0.2) is 53.5 Å². The summed E-state index contributed by atoms with van der Waals surface area (Å²) >= 11 is 0. The zero-order valence-electron chi connectivity index (χ0n) is 15.1. The van der Waals surface area contributed by atoms with Crippen molar-refractivity contribution >= 4 is 6.09 Å². The fourth-order valence-electron chi connectivity index (χ4n) is 3.51. The molecule has 2 N–H and O–H groups in total. The van der Waals surface area contributed by atoms with Crippen LogP contribution in [0.2, 0.25) is 0 Å². The summed E-state index contributed by atoms with van der Waals surface area (Å²) < 4.78 is 5.40. The minimum absolute atomic E-state index is 0.269. The molecule has 0 aromatic rings. The van der Waals surface area contributed by atoms with Crippen LogP contribution in [-0.2, 0) is 4.74 Å². The van der Waals surface area contributed by atoms with Crippen LogP contribution in [0, 0.1) is 5.92 Å². The quantitative estimate of drug-likeness (QED) is 0.834. The second-order valence-corrected chi connectivity index (χ2v) is 8.33. The molecule has 0 bridgehead atoms. The van der Waals surface area contributed by atoms with Gasteiger partial charge in [0.15, 0.2) is 0 Å². The van der Waals surface area contributed by atoms with E-state index >= 15 is 0 Å². The number of ether oxygens (including phenoxy) is 1. The Morgan fingerprint density at radius 3 is 2.39 bits per heavy atom. The molecule has 0 aromatic heterocycles. The Kier molecular flexibility index (Phi) is 6.32. The van der Waals surface area contributed by atoms with Gasteiger partial charge in [-0.25, -0.2) is 4.79 Å². The van der Waals surface area contributed by atoms with Crippen molar-refractivity contribution in [3.63, 3.8) is 0 Å². The van der Waals surface area contributed by atoms with E-state index in [1.54, 1.807) is 4.90 Å². The van der Waals surface area contributed by atoms with Gasteiger partial charge in [-0.15, -0.1) is 0 Å². The van der Waals surface area contributed by atoms with Crippen molar-refractivity contribution in [3.8, 4) is 0 Å². The predicted molar refractivity (Wildman–Crippen MR) is 91.4 cm³/mol. The van der Waals surface area contributed by atoms with Gasteiger partial charge in [0.1, 0.15) is 5.60 Å². The molecule has 2 aliphatic rings. The fraction of sp³-hybridized carbons (Fsp3) is 0.944. The van der Waals surface area contributed by atoms with E-state index in [0.717, 1.165) is 12.5 Å². The molecule has 1 saturated heterocycles. The highest BCUT2D eigenvalue weighted by molar-refractivity contribution is 5.68. The zero-order valence-corrected chi connectivity index (χ0v) is 15.1. The van der Waals surface area contributed by atoms with E-state index in [9.17, 15) is 9.90 Å². The maximum absolute atomic E-state index is 12.1. The van der Waals surface area contributed by atoms with Gasteiger partial charge >= 0.3 is 6.09 Å². The van der Waals surface area contributed by atoms with Crippen LogP contribution in [0.3, 0.4) is 0 Å². The lowest BCUT2D eigenvalue weighted by Gasteiger charge is -2.39. The van der Waals surface area contributed by atoms with E-state index in [0.29, 0.717) is 32.5 Å². The Morgan fingerprint density at radius 2 is 1.83 bits per heavy atom. The second kappa shape index (κ2) is 7.84. The number of rotatable bonds is 4. The average Bonchev–Trinajstić information content (AvgIpc) is 2.47. The molecule has 0 spiro atoms. The van der Waals surface area contributed by atoms with Crippen molar-refractivity contribution < 1.29 is 14.6 Å². The number of carbonyl (C=O) groups excluding carboxylic acids is 1. The van der Waals surface area contributed by atoms with Gasteiger partial charge in [0.05, 0.1) is 5.60 Å². The molecule has 0 atom stereocenters. The molecule has 1 amide bonds. The Balaban J connectivity index is 1.68. The largest absolute Gasteiger partial charge is 0.444 e. The molecular weight excluding hydrogens is 292 g/mol. The van der Waals surface area contributed by atoms with Gasteiger partial charge in [0.25, 0.3) is 0 Å². The monoisotopic (exact) mass is 326 g/mol. The van der Waals surface area contributed by atoms with Crippen molar-refractivity contribution in [2.24, 2.45) is 5.92 Å². The first-order valence-electron chi connectivity index (χ1n) is 9.18. The molecule has 23 heavy (non-hydrogen) atoms. The van der Waals surface area contributed by atoms with Crippen LogP contribution in [0.25, 0.3) is 0 Å². The lowest BCUT2D eigenvalue weighted by Crippen LogP contribution is -2.52. The van der Waals surface area contributed by atoms with E-state index in [1.165, 1.54) is 32.1 Å². The summed E-state index contributed by atoms with van der Waals surface area (Å²) in [5.41, 5.74) is -1.15. The summed E-state index contributed by atoms with van der Waals surface area (Å²) in [4.78, 5) is 13.8. The molecule has 0 unspecified atom stereocenters. The van der Waals surface area contributed by atoms with Gasteiger partial charge in [-0.05, 0) is 58.9 Å². The summed E-state index contributed by atoms with van der Waals surface area (Å²) in [5, 5.41) is 14.2. The third-order valence-corrected chi connectivity index (χ3v) is 4.96. The molecule has 1 aliphatic carbocycles. The van der Waals surface area contributed by atoms with Crippen LogP contribution >= 0.6 is 0 Å². The highest BCUT2D eigenvalue weighted by atomic mass is 16.6. The number of amides is 1. The third-order valence-electron chi connectivity index (χ3n) is 4.96. The molecule has 2 rings (SSSR count). The average molecular weight is 326 g/mol. The molecule has 134 valence electrons. The summed E-state index contributed by atoms with van der Waals surface area (Å²) in [5.74, 6) is 0.772. The minimum Gasteiger partial charge on any atom is -0.444 e. The molecule has 0 radical (unpaired) electrons. The number of aliphatic hydroxyl groups is 1. The third kappa shape index (κ3) is 6.30. The Hall–Kier alpha value is -0.810. The van der Waals surface area contributed by atoms with Crippen LogP contribution < -0.4 is 5.32 Å². The first-order chi connectivity index (χ1) is 10.8. The summed E-state index contributed by atoms with van der Waals surface area (Å²) in [6, 6.07) is 0. The van der Waals surface area contributed by atoms with Crippen LogP contribution in [0.4, 0.5) is 4.79 Å². The van der Waals surface area contributed by atoms with Crippen LogP contribution in [0.1, 0.15) is 65.7 Å². The standard InChI is InChI=1S/C18H34N2O3/c1-17(2,3)23-16(21)20-11-9-18(22,10-12-20)14-19-13-15-7-5-4-6-8-15/h15,19,22H,4-14H2,1-3H3. The molecule has 2 fully saturated rings. The summed E-state index contributed by atoms with van der Waals surface area (Å²) in [6.45, 7) is 8.40. The van der Waals surface area contributed by atoms with Crippen LogP contribution in [0.15, 0.2) is 0 Å². The molecule has 5 heteroatoms. The van der Waals surface area contributed by atoms with E-state index in [1.807, 2.05) is 20.8 Å². The van der Waals surface area contributed by atoms with Crippen molar-refractivity contribution in [1.29, 1.82) is 0 Å². The zero-order chi connectivity index (χ0) is 16.9. The number of likely N-dealkylation sites (tertiary alicyclic amines) is 1. The van der Waals surface area contributed by atoms with Gasteiger partial charge < -0.3 is 20.1 Å². The number of nitrogens with zero attached hydrogens (tertiary/aromatic N) is 1. The molecule has 1 saturated carbocycles. The molecule has 1 heterocycles. The smallest absolute Gasteiger partial charge is 0.410 e. The van der Waals surface area contributed by atoms with Crippen molar-refractivity contribution in [3.05, 3.63) is 0 Å². The number of piperidine rings is 1. The number of hydrogen-bond donors (Lipinski definition) is 2. The molecular formula is C18H34N2O3. The molecule has 5 nitrogen and oxygen atoms in total. The first kappa shape index (κ1) is 18.5. The van der Waals surface area contributed by atoms with E-state index in [4.69, 9.17) is 4.74 Å². The van der Waals surface area contributed by atoms with Gasteiger partial charge in [0, 0.05) is 19.6 Å². The van der Waals surface area contributed by atoms with Crippen molar-refractivity contribution in [2.45, 2.75) is 76.9 Å². The predicted octanol–water partition coefficient (Wildman–Crippen LogP) is 2.92. The molecule has 0 aromatic carbocycles. The number of hydrogen-bond acceptors (Lipinski definition) is 4. The Bertz CT molecular complexity index is 378. The van der Waals surface area contributed by atoms with E-state index in [2.05, 4.69) is 5.32 Å². The summed E-state index contributed by atoms with van der Waals surface area (Å²) in [6.07, 6.45) is 7.67. The summed E-state index contributed by atoms with van der Waals surface area (Å²) in [7, 11) is 0. The second-order valence-electron chi connectivity index (χ2n) is 8.33. The van der Waals surface area contributed by atoms with Crippen molar-refractivity contribution in [2.75, 3.05) is 26.2 Å². The lowest BCUT2D eigenvalue weighted by atomic mass is 9.88. The van der Waals surface area contributed by atoms with E-state index in [-0.39, 0.29) is 6.09 Å². The maximum Gasteiger partial charge on any atom is 0.410 e. The Labute approximate surface area is 140 Å². The fourth-order valence-corrected chi connectivity index (χ4v) is 3.51. The van der Waals surface area contributed by atoms with E-state index < -0.39 is 11.2 Å². The minimum atomic E-state index is -0.687. The Morgan fingerprint density at radius 1 is 1.22 bits per heavy atom. The maximum atomic E-state index is 12.1. The van der Waals surface area contributed by atoms with Gasteiger partial charge in [-0.1, -0.05) is 19.3 Å². The van der Waals surface area contributed by atoms with Crippen molar-refractivity contribution in [1.82, 2.24) is 10.2 Å². The normalized spacial score (nSPS) is 22.9. The molecule has 1 aliphatic heterocycles. The number of nitrogens with one attached hydrogen (secondary N) is 1. The SMILES string of the molecule is CC(C)(C)OC(=O)N1CCC(O)(CNCC2CCCCC2)CC1. The topological polar surface area (TPSA) is 61.8 Å². The highest BCUT2D eigenvalue weighted by Crippen LogP contribution is 2.25. The van der Waals surface area contributed by atoms with Crippen LogP contribution in [0.5, 0.6) is 0 Å². The lowest BCUT2D eigenvalue weighted by molar-refractivity contribution is -0.0313. The van der Waals surface area contributed by atoms with Gasteiger partial charge in [0.2, 0.25) is 0 Å². The number of carbonyl (C=O) groups is 1.